The number of carboxylic acid groups (broad SMARTS) is 1. The van der Waals surface area contributed by atoms with E-state index in [1.807, 2.05) is 0 Å². The third-order valence-electron chi connectivity index (χ3n) is 4.13. The number of aliphatic carboxylic acids is 1. The maximum absolute atomic E-state index is 12.7. The topological polar surface area (TPSA) is 109 Å². The van der Waals surface area contributed by atoms with Crippen molar-refractivity contribution in [1.82, 2.24) is 14.2 Å². The van der Waals surface area contributed by atoms with Crippen LogP contribution in [-0.4, -0.2) is 52.9 Å². The maximum atomic E-state index is 12.7. The molecule has 0 unspecified atom stereocenters. The van der Waals surface area contributed by atoms with Gasteiger partial charge in [0.05, 0.1) is 0 Å². The van der Waals surface area contributed by atoms with Gasteiger partial charge in [-0.3, -0.25) is 4.79 Å². The second-order valence-corrected chi connectivity index (χ2v) is 8.46. The minimum atomic E-state index is -3.64. The molecule has 1 amide bonds. The molecule has 0 spiro atoms. The number of aromatic nitrogens is 1. The molecule has 2 rings (SSSR count). The highest BCUT2D eigenvalue weighted by molar-refractivity contribution is 7.89. The fourth-order valence-electron chi connectivity index (χ4n) is 2.56. The second kappa shape index (κ2) is 6.56. The number of carboxylic acids is 1. The summed E-state index contributed by atoms with van der Waals surface area (Å²) in [4.78, 5) is 23.5. The number of nitrogens with zero attached hydrogens (tertiary/aromatic N) is 2. The van der Waals surface area contributed by atoms with Crippen molar-refractivity contribution < 1.29 is 23.1 Å². The number of carbonyl (C=O) groups excluding carboxylic acids is 1. The van der Waals surface area contributed by atoms with Crippen molar-refractivity contribution in [2.75, 3.05) is 13.1 Å². The van der Waals surface area contributed by atoms with Crippen molar-refractivity contribution in [3.8, 4) is 0 Å². The predicted octanol–water partition coefficient (Wildman–Crippen LogP) is 0.793. The van der Waals surface area contributed by atoms with Gasteiger partial charge in [0.1, 0.15) is 16.1 Å². The van der Waals surface area contributed by atoms with Gasteiger partial charge in [0.15, 0.2) is 0 Å². The number of sulfonamides is 1. The van der Waals surface area contributed by atoms with Crippen molar-refractivity contribution in [3.63, 3.8) is 0 Å². The van der Waals surface area contributed by atoms with E-state index in [2.05, 4.69) is 5.32 Å². The molecular weight excluding hydrogens is 334 g/mol. The summed E-state index contributed by atoms with van der Waals surface area (Å²) in [5.74, 6) is -1.81. The molecule has 1 aromatic rings. The van der Waals surface area contributed by atoms with E-state index >= 15 is 0 Å². The van der Waals surface area contributed by atoms with Gasteiger partial charge in [0, 0.05) is 26.3 Å². The molecule has 0 atom stereocenters. The maximum Gasteiger partial charge on any atom is 0.328 e. The Hall–Kier alpha value is -1.87. The average Bonchev–Trinajstić information content (AvgIpc) is 2.90. The van der Waals surface area contributed by atoms with Crippen LogP contribution in [0.1, 0.15) is 43.6 Å². The summed E-state index contributed by atoms with van der Waals surface area (Å²) < 4.78 is 28.1. The summed E-state index contributed by atoms with van der Waals surface area (Å²) in [5.41, 5.74) is -1.35. The Labute approximate surface area is 141 Å². The second-order valence-electron chi connectivity index (χ2n) is 6.52. The normalized spacial score (nSPS) is 16.8. The average molecular weight is 357 g/mol. The molecule has 1 aliphatic heterocycles. The van der Waals surface area contributed by atoms with Crippen LogP contribution in [0, 0.1) is 0 Å². The number of hydrogen-bond donors (Lipinski definition) is 2. The van der Waals surface area contributed by atoms with Crippen molar-refractivity contribution in [2.24, 2.45) is 7.05 Å². The van der Waals surface area contributed by atoms with E-state index in [1.165, 1.54) is 35.0 Å². The fraction of sp³-hybridized carbons (Fsp3) is 0.600. The first-order chi connectivity index (χ1) is 11.1. The summed E-state index contributed by atoms with van der Waals surface area (Å²) in [6.45, 7) is 3.68. The molecule has 0 aliphatic carbocycles. The molecular formula is C15H23N3O5S. The van der Waals surface area contributed by atoms with Crippen molar-refractivity contribution in [2.45, 2.75) is 43.5 Å². The summed E-state index contributed by atoms with van der Waals surface area (Å²) in [7, 11) is -2.09. The molecule has 8 nitrogen and oxygen atoms in total. The molecule has 2 N–H and O–H groups in total. The van der Waals surface area contributed by atoms with E-state index in [1.54, 1.807) is 7.05 Å². The molecule has 0 aromatic carbocycles. The van der Waals surface area contributed by atoms with Gasteiger partial charge in [-0.15, -0.1) is 0 Å². The minimum Gasteiger partial charge on any atom is -0.480 e. The highest BCUT2D eigenvalue weighted by atomic mass is 32.2. The Bertz CT molecular complexity index is 745. The Morgan fingerprint density at radius 1 is 1.21 bits per heavy atom. The van der Waals surface area contributed by atoms with Crippen molar-refractivity contribution in [1.29, 1.82) is 0 Å². The molecule has 134 valence electrons. The highest BCUT2D eigenvalue weighted by Gasteiger charge is 2.32. The molecule has 2 heterocycles. The Kier molecular flexibility index (Phi) is 5.05. The van der Waals surface area contributed by atoms with Crippen molar-refractivity contribution >= 4 is 21.9 Å². The van der Waals surface area contributed by atoms with E-state index < -0.39 is 27.4 Å². The van der Waals surface area contributed by atoms with Crippen LogP contribution in [0.3, 0.4) is 0 Å². The molecule has 0 bridgehead atoms. The zero-order chi connectivity index (χ0) is 18.1. The lowest BCUT2D eigenvalue weighted by Crippen LogP contribution is -2.50. The Balaban J connectivity index is 2.26. The zero-order valence-corrected chi connectivity index (χ0v) is 14.9. The summed E-state index contributed by atoms with van der Waals surface area (Å²) in [6.07, 6.45) is 4.05. The van der Waals surface area contributed by atoms with Gasteiger partial charge in [-0.1, -0.05) is 6.42 Å². The summed E-state index contributed by atoms with van der Waals surface area (Å²) in [5, 5.41) is 11.5. The zero-order valence-electron chi connectivity index (χ0n) is 14.1. The fourth-order valence-corrected chi connectivity index (χ4v) is 4.15. The van der Waals surface area contributed by atoms with E-state index in [0.717, 1.165) is 19.3 Å². The Morgan fingerprint density at radius 3 is 2.33 bits per heavy atom. The summed E-state index contributed by atoms with van der Waals surface area (Å²) >= 11 is 0. The third kappa shape index (κ3) is 3.62. The molecule has 1 aliphatic rings. The number of hydrogen-bond acceptors (Lipinski definition) is 4. The molecule has 0 saturated carbocycles. The van der Waals surface area contributed by atoms with Gasteiger partial charge in [-0.25, -0.2) is 13.2 Å². The third-order valence-corrected chi connectivity index (χ3v) is 5.99. The number of rotatable bonds is 5. The first-order valence-electron chi connectivity index (χ1n) is 7.78. The molecule has 24 heavy (non-hydrogen) atoms. The number of piperidine rings is 1. The molecule has 1 saturated heterocycles. The van der Waals surface area contributed by atoms with Crippen LogP contribution in [0.2, 0.25) is 0 Å². The first kappa shape index (κ1) is 18.5. The first-order valence-corrected chi connectivity index (χ1v) is 9.22. The van der Waals surface area contributed by atoms with Crippen LogP contribution < -0.4 is 5.32 Å². The van der Waals surface area contributed by atoms with Crippen molar-refractivity contribution in [3.05, 3.63) is 18.0 Å². The van der Waals surface area contributed by atoms with Gasteiger partial charge in [0.25, 0.3) is 5.91 Å². The van der Waals surface area contributed by atoms with Crippen LogP contribution in [0.25, 0.3) is 0 Å². The lowest BCUT2D eigenvalue weighted by molar-refractivity contribution is -0.143. The van der Waals surface area contributed by atoms with E-state index in [-0.39, 0.29) is 10.6 Å². The smallest absolute Gasteiger partial charge is 0.328 e. The minimum absolute atomic E-state index is 0.0465. The monoisotopic (exact) mass is 357 g/mol. The number of amides is 1. The van der Waals surface area contributed by atoms with Crippen LogP contribution in [0.4, 0.5) is 0 Å². The molecule has 1 aromatic heterocycles. The quantitative estimate of drug-likeness (QED) is 0.810. The van der Waals surface area contributed by atoms with E-state index in [4.69, 9.17) is 5.11 Å². The van der Waals surface area contributed by atoms with Gasteiger partial charge in [0.2, 0.25) is 10.0 Å². The van der Waals surface area contributed by atoms with Crippen LogP contribution in [0.5, 0.6) is 0 Å². The van der Waals surface area contributed by atoms with Gasteiger partial charge in [-0.2, -0.15) is 4.31 Å². The van der Waals surface area contributed by atoms with Gasteiger partial charge >= 0.3 is 5.97 Å². The lowest BCUT2D eigenvalue weighted by atomic mass is 10.1. The molecule has 9 heteroatoms. The SMILES string of the molecule is Cn1cc(S(=O)(=O)N2CCCCC2)cc1C(=O)NC(C)(C)C(=O)O. The van der Waals surface area contributed by atoms with Crippen LogP contribution >= 0.6 is 0 Å². The largest absolute Gasteiger partial charge is 0.480 e. The molecule has 1 fully saturated rings. The van der Waals surface area contributed by atoms with Gasteiger partial charge in [-0.05, 0) is 32.8 Å². The van der Waals surface area contributed by atoms with Crippen LogP contribution in [-0.2, 0) is 21.9 Å². The highest BCUT2D eigenvalue weighted by Crippen LogP contribution is 2.22. The number of nitrogens with one attached hydrogen (secondary N) is 1. The standard InChI is InChI=1S/C15H23N3O5S/c1-15(2,14(20)21)16-13(19)12-9-11(10-17(12)3)24(22,23)18-7-5-4-6-8-18/h9-10H,4-8H2,1-3H3,(H,16,19)(H,20,21). The Morgan fingerprint density at radius 2 is 1.79 bits per heavy atom. The lowest BCUT2D eigenvalue weighted by Gasteiger charge is -2.25. The number of carbonyl (C=O) groups is 2. The van der Waals surface area contributed by atoms with E-state index in [0.29, 0.717) is 13.1 Å². The number of aryl methyl sites for hydroxylation is 1. The predicted molar refractivity (Wildman–Crippen MR) is 87.2 cm³/mol. The molecule has 0 radical (unpaired) electrons. The van der Waals surface area contributed by atoms with Crippen LogP contribution in [0.15, 0.2) is 17.2 Å². The van der Waals surface area contributed by atoms with E-state index in [9.17, 15) is 18.0 Å². The summed E-state index contributed by atoms with van der Waals surface area (Å²) in [6, 6.07) is 1.29. The van der Waals surface area contributed by atoms with Gasteiger partial charge < -0.3 is 15.0 Å².